The van der Waals surface area contributed by atoms with Crippen LogP contribution in [0.25, 0.3) is 0 Å². The third kappa shape index (κ3) is 9.48. The summed E-state index contributed by atoms with van der Waals surface area (Å²) >= 11 is 0.658. The van der Waals surface area contributed by atoms with Crippen LogP contribution in [0, 0.1) is 17.2 Å². The second-order valence-corrected chi connectivity index (χ2v) is 17.4. The van der Waals surface area contributed by atoms with Crippen LogP contribution in [0.5, 0.6) is 0 Å². The van der Waals surface area contributed by atoms with Crippen molar-refractivity contribution in [2.24, 2.45) is 5.92 Å². The topological polar surface area (TPSA) is 146 Å². The summed E-state index contributed by atoms with van der Waals surface area (Å²) in [4.78, 5) is 70.2. The van der Waals surface area contributed by atoms with Gasteiger partial charge >= 0.3 is 12.2 Å². The first kappa shape index (κ1) is 42.2. The first-order chi connectivity index (χ1) is 27.0. The van der Waals surface area contributed by atoms with Crippen LogP contribution in [0.1, 0.15) is 102 Å². The number of carbonyl (C=O) groups excluding carboxylic acids is 5. The van der Waals surface area contributed by atoms with Crippen LogP contribution in [0.2, 0.25) is 0 Å². The molecule has 0 spiro atoms. The molecule has 2 aromatic rings. The summed E-state index contributed by atoms with van der Waals surface area (Å²) in [7, 11) is 0. The van der Waals surface area contributed by atoms with E-state index >= 15 is 0 Å². The Morgan fingerprint density at radius 3 is 2.26 bits per heavy atom. The summed E-state index contributed by atoms with van der Waals surface area (Å²) in [6.07, 6.45) is 1.37. The molecule has 0 aromatic heterocycles. The minimum atomic E-state index is -4.75. The monoisotopic (exact) mass is 809 g/mol. The van der Waals surface area contributed by atoms with E-state index in [4.69, 9.17) is 5.26 Å². The molecule has 1 saturated carbocycles. The van der Waals surface area contributed by atoms with Gasteiger partial charge < -0.3 is 15.1 Å². The van der Waals surface area contributed by atoms with Crippen molar-refractivity contribution in [2.75, 3.05) is 31.5 Å². The van der Waals surface area contributed by atoms with Crippen molar-refractivity contribution in [3.8, 4) is 6.07 Å². The fourth-order valence-electron chi connectivity index (χ4n) is 8.92. The van der Waals surface area contributed by atoms with Gasteiger partial charge in [0.05, 0.1) is 29.7 Å². The van der Waals surface area contributed by atoms with E-state index in [0.29, 0.717) is 36.4 Å². The van der Waals surface area contributed by atoms with Gasteiger partial charge in [-0.05, 0) is 133 Å². The number of nitrogens with zero attached hydrogens (tertiary/aromatic N) is 5. The number of piperidine rings is 1. The number of anilines is 1. The molecule has 6 amide bonds. The van der Waals surface area contributed by atoms with Crippen molar-refractivity contribution in [3.05, 3.63) is 59.2 Å². The Bertz CT molecular complexity index is 1900. The summed E-state index contributed by atoms with van der Waals surface area (Å²) in [5.41, 5.74) is -1.32. The Hall–Kier alpha value is -4.46. The van der Waals surface area contributed by atoms with E-state index < -0.39 is 34.8 Å². The van der Waals surface area contributed by atoms with Crippen molar-refractivity contribution in [2.45, 2.75) is 120 Å². The van der Waals surface area contributed by atoms with E-state index in [0.717, 1.165) is 80.2 Å². The highest BCUT2D eigenvalue weighted by molar-refractivity contribution is 7.98. The molecule has 1 aliphatic carbocycles. The average Bonchev–Trinajstić information content (AvgIpc) is 3.32. The second kappa shape index (κ2) is 17.2. The Balaban J connectivity index is 0.929. The van der Waals surface area contributed by atoms with Gasteiger partial charge in [-0.1, -0.05) is 12.1 Å². The molecule has 1 unspecified atom stereocenters. The van der Waals surface area contributed by atoms with Crippen LogP contribution in [0.4, 0.5) is 23.7 Å². The molecule has 3 heterocycles. The van der Waals surface area contributed by atoms with Crippen molar-refractivity contribution in [3.63, 3.8) is 0 Å². The molecule has 16 heteroatoms. The number of urea groups is 1. The predicted octanol–water partition coefficient (Wildman–Crippen LogP) is 6.52. The minimum absolute atomic E-state index is 0.0489. The molecule has 3 saturated heterocycles. The number of nitriles is 1. The summed E-state index contributed by atoms with van der Waals surface area (Å²) in [5, 5.41) is 14.5. The van der Waals surface area contributed by atoms with Crippen molar-refractivity contribution < 1.29 is 37.1 Å². The fraction of sp³-hybridized carbons (Fsp3) is 0.561. The van der Waals surface area contributed by atoms with Gasteiger partial charge in [0.25, 0.3) is 5.91 Å². The first-order valence-corrected chi connectivity index (χ1v) is 20.4. The van der Waals surface area contributed by atoms with Gasteiger partial charge in [0, 0.05) is 48.2 Å². The number of carbonyl (C=O) groups is 5. The standard InChI is InChI=1S/C41H50F3N7O5S/c1-25-22-48(23-26(2)49(25)24-36(53)46-30-12-9-28(10-13-30)33-17-18-35(52)47-37(33)54)19-5-6-27-7-14-31(15-8-27)50-39(56)51(38(55)40(50,3)4)57-32-16-11-29(21-45)34(20-32)41(42,43)44/h9-13,16,20,25-27,31,33H,5-8,14-15,17-19,22-24H2,1-4H3,(H,46,53)(H,47,52,54)/t25-,26+,27?,31?,33?. The highest BCUT2D eigenvalue weighted by Gasteiger charge is 2.54. The molecule has 6 rings (SSSR count). The number of benzene rings is 2. The summed E-state index contributed by atoms with van der Waals surface area (Å²) in [6.45, 7) is 10.5. The van der Waals surface area contributed by atoms with Crippen LogP contribution in [0.15, 0.2) is 47.4 Å². The van der Waals surface area contributed by atoms with Gasteiger partial charge in [0.2, 0.25) is 17.7 Å². The third-order valence-electron chi connectivity index (χ3n) is 11.9. The largest absolute Gasteiger partial charge is 0.417 e. The van der Waals surface area contributed by atoms with E-state index in [9.17, 15) is 37.1 Å². The number of halogens is 3. The van der Waals surface area contributed by atoms with Gasteiger partial charge in [-0.3, -0.25) is 29.4 Å². The molecule has 306 valence electrons. The predicted molar refractivity (Wildman–Crippen MR) is 207 cm³/mol. The van der Waals surface area contributed by atoms with E-state index in [-0.39, 0.29) is 53.2 Å². The molecule has 57 heavy (non-hydrogen) atoms. The Morgan fingerprint density at radius 2 is 1.65 bits per heavy atom. The number of nitrogens with one attached hydrogen (secondary N) is 2. The lowest BCUT2D eigenvalue weighted by Crippen LogP contribution is -2.58. The van der Waals surface area contributed by atoms with Crippen molar-refractivity contribution in [1.29, 1.82) is 5.26 Å². The van der Waals surface area contributed by atoms with Crippen LogP contribution in [-0.2, 0) is 25.4 Å². The van der Waals surface area contributed by atoms with Gasteiger partial charge in [0.15, 0.2) is 0 Å². The van der Waals surface area contributed by atoms with Crippen LogP contribution in [0.3, 0.4) is 0 Å². The van der Waals surface area contributed by atoms with Crippen LogP contribution >= 0.6 is 11.9 Å². The molecule has 3 aliphatic heterocycles. The van der Waals surface area contributed by atoms with E-state index in [1.54, 1.807) is 36.9 Å². The first-order valence-electron chi connectivity index (χ1n) is 19.6. The molecule has 4 aliphatic rings. The van der Waals surface area contributed by atoms with E-state index in [2.05, 4.69) is 34.3 Å². The summed E-state index contributed by atoms with van der Waals surface area (Å²) in [5.74, 6) is -1.02. The quantitative estimate of drug-likeness (QED) is 0.147. The average molecular weight is 810 g/mol. The highest BCUT2D eigenvalue weighted by Crippen LogP contribution is 2.43. The number of hydrogen-bond acceptors (Lipinski definition) is 9. The molecule has 2 N–H and O–H groups in total. The zero-order valence-corrected chi connectivity index (χ0v) is 33.5. The molecule has 4 fully saturated rings. The SMILES string of the molecule is C[C@@H]1CN(CCCC2CCC(N3C(=O)N(Sc4ccc(C#N)c(C(F)(F)F)c4)C(=O)C3(C)C)CC2)C[C@H](C)N1CC(=O)Nc1ccc(C2CCC(=O)NC2=O)cc1. The lowest BCUT2D eigenvalue weighted by molar-refractivity contribution is -0.138. The zero-order chi connectivity index (χ0) is 41.2. The van der Waals surface area contributed by atoms with E-state index in [1.165, 1.54) is 6.07 Å². The fourth-order valence-corrected chi connectivity index (χ4v) is 9.90. The lowest BCUT2D eigenvalue weighted by atomic mass is 9.81. The molecular weight excluding hydrogens is 760 g/mol. The van der Waals surface area contributed by atoms with Gasteiger partial charge in [-0.25, -0.2) is 4.79 Å². The molecule has 3 atom stereocenters. The van der Waals surface area contributed by atoms with Crippen molar-refractivity contribution in [1.82, 2.24) is 24.3 Å². The number of rotatable bonds is 11. The third-order valence-corrected chi connectivity index (χ3v) is 12.9. The number of amides is 6. The Morgan fingerprint density at radius 1 is 0.982 bits per heavy atom. The molecule has 2 aromatic carbocycles. The van der Waals surface area contributed by atoms with Crippen molar-refractivity contribution >= 4 is 47.3 Å². The second-order valence-electron chi connectivity index (χ2n) is 16.3. The maximum absolute atomic E-state index is 13.6. The molecule has 0 radical (unpaired) electrons. The zero-order valence-electron chi connectivity index (χ0n) is 32.7. The number of imide groups is 2. The van der Waals surface area contributed by atoms with Gasteiger partial charge in [-0.2, -0.15) is 22.7 Å². The van der Waals surface area contributed by atoms with Crippen LogP contribution in [-0.4, -0.2) is 98.5 Å². The van der Waals surface area contributed by atoms with Gasteiger partial charge in [-0.15, -0.1) is 0 Å². The number of alkyl halides is 3. The molecule has 0 bridgehead atoms. The minimum Gasteiger partial charge on any atom is -0.325 e. The Kier molecular flexibility index (Phi) is 12.7. The summed E-state index contributed by atoms with van der Waals surface area (Å²) in [6, 6.07) is 11.6. The summed E-state index contributed by atoms with van der Waals surface area (Å²) < 4.78 is 41.7. The maximum Gasteiger partial charge on any atom is 0.417 e. The Labute approximate surface area is 335 Å². The highest BCUT2D eigenvalue weighted by atomic mass is 32.2. The van der Waals surface area contributed by atoms with Crippen LogP contribution < -0.4 is 10.6 Å². The normalized spacial score (nSPS) is 26.0. The molecule has 12 nitrogen and oxygen atoms in total. The maximum atomic E-state index is 13.6. The smallest absolute Gasteiger partial charge is 0.325 e. The number of hydrogen-bond donors (Lipinski definition) is 2. The number of piperazine rings is 1. The lowest BCUT2D eigenvalue weighted by Gasteiger charge is -2.44. The van der Waals surface area contributed by atoms with Gasteiger partial charge in [0.1, 0.15) is 5.54 Å². The van der Waals surface area contributed by atoms with E-state index in [1.807, 2.05) is 12.1 Å². The molecular formula is C41H50F3N7O5S.